The maximum Gasteiger partial charge on any atom is 0.191 e. The van der Waals surface area contributed by atoms with Crippen LogP contribution in [-0.2, 0) is 13.0 Å². The summed E-state index contributed by atoms with van der Waals surface area (Å²) in [5.74, 6) is -0.203. The summed E-state index contributed by atoms with van der Waals surface area (Å²) < 4.78 is 28.3. The van der Waals surface area contributed by atoms with Crippen molar-refractivity contribution in [3.8, 4) is 0 Å². The molecular formula is C16H23F2IN6. The van der Waals surface area contributed by atoms with Crippen LogP contribution < -0.4 is 10.6 Å². The van der Waals surface area contributed by atoms with Crippen molar-refractivity contribution >= 4 is 29.9 Å². The largest absolute Gasteiger partial charge is 0.355 e. The van der Waals surface area contributed by atoms with Crippen LogP contribution in [0.1, 0.15) is 31.3 Å². The Kier molecular flexibility index (Phi) is 8.73. The molecule has 0 saturated heterocycles. The Morgan fingerprint density at radius 2 is 2.08 bits per heavy atom. The van der Waals surface area contributed by atoms with Crippen molar-refractivity contribution in [3.05, 3.63) is 47.5 Å². The van der Waals surface area contributed by atoms with Crippen LogP contribution in [0.5, 0.6) is 0 Å². The molecule has 0 spiro atoms. The number of halogens is 3. The molecule has 138 valence electrons. The van der Waals surface area contributed by atoms with E-state index in [1.807, 2.05) is 18.4 Å². The number of benzene rings is 1. The van der Waals surface area contributed by atoms with Gasteiger partial charge in [-0.25, -0.2) is 8.78 Å². The molecule has 25 heavy (non-hydrogen) atoms. The molecule has 0 aliphatic carbocycles. The van der Waals surface area contributed by atoms with Gasteiger partial charge in [0.15, 0.2) is 17.6 Å². The predicted octanol–water partition coefficient (Wildman–Crippen LogP) is 2.66. The number of aryl methyl sites for hydroxylation is 1. The van der Waals surface area contributed by atoms with Gasteiger partial charge in [0.1, 0.15) is 12.2 Å². The van der Waals surface area contributed by atoms with Crippen molar-refractivity contribution in [2.24, 2.45) is 4.99 Å². The van der Waals surface area contributed by atoms with E-state index in [0.717, 1.165) is 18.3 Å². The van der Waals surface area contributed by atoms with Crippen LogP contribution in [0, 0.1) is 11.6 Å². The number of guanidine groups is 1. The third kappa shape index (κ3) is 5.91. The minimum absolute atomic E-state index is 0. The zero-order valence-electron chi connectivity index (χ0n) is 14.5. The Bertz CT molecular complexity index is 704. The first-order valence-corrected chi connectivity index (χ1v) is 7.84. The molecule has 1 unspecified atom stereocenters. The van der Waals surface area contributed by atoms with Crippen LogP contribution in [0.3, 0.4) is 0 Å². The lowest BCUT2D eigenvalue weighted by atomic mass is 10.1. The van der Waals surface area contributed by atoms with Gasteiger partial charge in [-0.05, 0) is 24.6 Å². The smallest absolute Gasteiger partial charge is 0.191 e. The van der Waals surface area contributed by atoms with Crippen LogP contribution >= 0.6 is 24.0 Å². The molecular weight excluding hydrogens is 441 g/mol. The van der Waals surface area contributed by atoms with Gasteiger partial charge in [0, 0.05) is 26.6 Å². The number of hydrogen-bond donors (Lipinski definition) is 2. The SMILES string of the molecule is CCc1nncn1CCNC(=NC)NC(C)c1ccc(F)c(F)c1.I. The Morgan fingerprint density at radius 1 is 1.32 bits per heavy atom. The van der Waals surface area contributed by atoms with Gasteiger partial charge >= 0.3 is 0 Å². The first kappa shape index (κ1) is 21.3. The molecule has 1 aromatic carbocycles. The highest BCUT2D eigenvalue weighted by Crippen LogP contribution is 2.15. The lowest BCUT2D eigenvalue weighted by Crippen LogP contribution is -2.40. The first-order chi connectivity index (χ1) is 11.5. The molecule has 0 radical (unpaired) electrons. The Balaban J connectivity index is 0.00000312. The summed E-state index contributed by atoms with van der Waals surface area (Å²) in [6, 6.07) is 3.64. The summed E-state index contributed by atoms with van der Waals surface area (Å²) in [6.45, 7) is 5.22. The third-order valence-corrected chi connectivity index (χ3v) is 3.68. The monoisotopic (exact) mass is 464 g/mol. The van der Waals surface area contributed by atoms with Gasteiger partial charge in [-0.3, -0.25) is 4.99 Å². The van der Waals surface area contributed by atoms with Crippen molar-refractivity contribution in [1.29, 1.82) is 0 Å². The highest BCUT2D eigenvalue weighted by atomic mass is 127. The highest BCUT2D eigenvalue weighted by Gasteiger charge is 2.11. The summed E-state index contributed by atoms with van der Waals surface area (Å²) in [4.78, 5) is 4.14. The van der Waals surface area contributed by atoms with Crippen LogP contribution in [-0.4, -0.2) is 34.3 Å². The second kappa shape index (κ2) is 10.3. The zero-order chi connectivity index (χ0) is 17.5. The fourth-order valence-corrected chi connectivity index (χ4v) is 2.30. The van der Waals surface area contributed by atoms with Gasteiger partial charge in [-0.2, -0.15) is 0 Å². The summed E-state index contributed by atoms with van der Waals surface area (Å²) in [6.07, 6.45) is 2.51. The Hall–Kier alpha value is -1.78. The summed E-state index contributed by atoms with van der Waals surface area (Å²) >= 11 is 0. The number of nitrogens with one attached hydrogen (secondary N) is 2. The van der Waals surface area contributed by atoms with E-state index in [9.17, 15) is 8.78 Å². The van der Waals surface area contributed by atoms with Gasteiger partial charge in [-0.15, -0.1) is 34.2 Å². The Morgan fingerprint density at radius 3 is 2.72 bits per heavy atom. The van der Waals surface area contributed by atoms with E-state index in [2.05, 4.69) is 25.8 Å². The first-order valence-electron chi connectivity index (χ1n) is 7.84. The quantitative estimate of drug-likeness (QED) is 0.392. The molecule has 0 bridgehead atoms. The molecule has 1 heterocycles. The van der Waals surface area contributed by atoms with Crippen LogP contribution in [0.25, 0.3) is 0 Å². The molecule has 0 fully saturated rings. The molecule has 9 heteroatoms. The highest BCUT2D eigenvalue weighted by molar-refractivity contribution is 14.0. The van der Waals surface area contributed by atoms with E-state index in [1.54, 1.807) is 19.4 Å². The van der Waals surface area contributed by atoms with Crippen molar-refractivity contribution < 1.29 is 8.78 Å². The second-order valence-electron chi connectivity index (χ2n) is 5.33. The normalized spacial score (nSPS) is 12.4. The molecule has 2 rings (SSSR count). The summed E-state index contributed by atoms with van der Waals surface area (Å²) in [5, 5.41) is 14.2. The number of rotatable bonds is 6. The van der Waals surface area contributed by atoms with Gasteiger partial charge in [0.25, 0.3) is 0 Å². The molecule has 1 aromatic heterocycles. The van der Waals surface area contributed by atoms with Crippen molar-refractivity contribution in [2.45, 2.75) is 32.9 Å². The molecule has 0 amide bonds. The van der Waals surface area contributed by atoms with Gasteiger partial charge < -0.3 is 15.2 Å². The van der Waals surface area contributed by atoms with Crippen LogP contribution in [0.15, 0.2) is 29.5 Å². The van der Waals surface area contributed by atoms with Crippen LogP contribution in [0.4, 0.5) is 8.78 Å². The number of hydrogen-bond acceptors (Lipinski definition) is 3. The molecule has 6 nitrogen and oxygen atoms in total. The Labute approximate surface area is 163 Å². The topological polar surface area (TPSA) is 67.1 Å². The molecule has 0 aliphatic rings. The van der Waals surface area contributed by atoms with Gasteiger partial charge in [0.2, 0.25) is 0 Å². The maximum atomic E-state index is 13.3. The molecule has 0 aliphatic heterocycles. The van der Waals surface area contributed by atoms with Crippen molar-refractivity contribution in [1.82, 2.24) is 25.4 Å². The van der Waals surface area contributed by atoms with E-state index in [0.29, 0.717) is 24.6 Å². The molecule has 2 N–H and O–H groups in total. The number of aliphatic imine (C=N–C) groups is 1. The van der Waals surface area contributed by atoms with Gasteiger partial charge in [0.05, 0.1) is 6.04 Å². The van der Waals surface area contributed by atoms with Gasteiger partial charge in [-0.1, -0.05) is 13.0 Å². The third-order valence-electron chi connectivity index (χ3n) is 3.68. The van der Waals surface area contributed by atoms with E-state index in [4.69, 9.17) is 0 Å². The summed E-state index contributed by atoms with van der Waals surface area (Å²) in [7, 11) is 1.66. The minimum atomic E-state index is -0.858. The average Bonchev–Trinajstić information content (AvgIpc) is 3.03. The second-order valence-corrected chi connectivity index (χ2v) is 5.33. The standard InChI is InChI=1S/C16H22F2N6.HI/c1-4-15-23-21-10-24(15)8-7-20-16(19-3)22-11(2)12-5-6-13(17)14(18)9-12;/h5-6,9-11H,4,7-8H2,1-3H3,(H2,19,20,22);1H. The summed E-state index contributed by atoms with van der Waals surface area (Å²) in [5.41, 5.74) is 0.643. The number of nitrogens with zero attached hydrogens (tertiary/aromatic N) is 4. The van der Waals surface area contributed by atoms with Crippen molar-refractivity contribution in [3.63, 3.8) is 0 Å². The van der Waals surface area contributed by atoms with Crippen LogP contribution in [0.2, 0.25) is 0 Å². The molecule has 1 atom stereocenters. The molecule has 0 saturated carbocycles. The lowest BCUT2D eigenvalue weighted by Gasteiger charge is -2.18. The van der Waals surface area contributed by atoms with E-state index < -0.39 is 11.6 Å². The minimum Gasteiger partial charge on any atom is -0.355 e. The predicted molar refractivity (Wildman–Crippen MR) is 104 cm³/mol. The maximum absolute atomic E-state index is 13.3. The van der Waals surface area contributed by atoms with E-state index in [1.165, 1.54) is 6.07 Å². The van der Waals surface area contributed by atoms with E-state index >= 15 is 0 Å². The fraction of sp³-hybridized carbons (Fsp3) is 0.438. The zero-order valence-corrected chi connectivity index (χ0v) is 16.8. The van der Waals surface area contributed by atoms with E-state index in [-0.39, 0.29) is 30.0 Å². The molecule has 2 aromatic rings. The lowest BCUT2D eigenvalue weighted by molar-refractivity contribution is 0.504. The average molecular weight is 464 g/mol. The fourth-order valence-electron chi connectivity index (χ4n) is 2.30. The van der Waals surface area contributed by atoms with Crippen molar-refractivity contribution in [2.75, 3.05) is 13.6 Å². The number of aromatic nitrogens is 3.